The predicted octanol–water partition coefficient (Wildman–Crippen LogP) is 5.21. The van der Waals surface area contributed by atoms with Crippen molar-refractivity contribution in [3.8, 4) is 5.75 Å². The van der Waals surface area contributed by atoms with Gasteiger partial charge in [0.25, 0.3) is 5.91 Å². The molecule has 42 heavy (non-hydrogen) atoms. The average molecular weight is 563 g/mol. The average Bonchev–Trinajstić information content (AvgIpc) is 3.03. The number of anilines is 1. The highest BCUT2D eigenvalue weighted by Crippen LogP contribution is 2.27. The molecular formula is C33H30N4O5. The molecule has 0 radical (unpaired) electrons. The van der Waals surface area contributed by atoms with Gasteiger partial charge in [0.2, 0.25) is 0 Å². The molecule has 5 rings (SSSR count). The van der Waals surface area contributed by atoms with Crippen molar-refractivity contribution in [1.29, 1.82) is 0 Å². The number of esters is 1. The number of carbonyl (C=O) groups excluding carboxylic acids is 4. The zero-order valence-electron chi connectivity index (χ0n) is 22.8. The van der Waals surface area contributed by atoms with E-state index in [4.69, 9.17) is 4.74 Å². The van der Waals surface area contributed by atoms with Crippen molar-refractivity contribution in [2.45, 2.75) is 38.1 Å². The van der Waals surface area contributed by atoms with E-state index in [0.717, 1.165) is 42.9 Å². The molecule has 0 saturated heterocycles. The molecule has 1 saturated carbocycles. The Balaban J connectivity index is 1.28. The third kappa shape index (κ3) is 6.87. The second kappa shape index (κ2) is 13.4. The summed E-state index contributed by atoms with van der Waals surface area (Å²) in [4.78, 5) is 50.9. The topological polar surface area (TPSA) is 126 Å². The molecule has 9 nitrogen and oxygen atoms in total. The quantitative estimate of drug-likeness (QED) is 0.0937. The highest BCUT2D eigenvalue weighted by molar-refractivity contribution is 6.40. The van der Waals surface area contributed by atoms with E-state index in [2.05, 4.69) is 21.2 Å². The first-order valence-electron chi connectivity index (χ1n) is 13.8. The molecule has 1 aliphatic carbocycles. The standard InChI is InChI=1S/C33H30N4O5/c38-30(35-24-14-5-2-6-15-24)26-17-9-10-18-28(26)36-31(39)32(40)37-34-21-27-25-16-8-7-11-22(25)19-20-29(27)42-33(41)23-12-3-1-4-13-23/h1,3-4,7-13,16-21,24H,2,5-6,14-15H2,(H,35,38)(H,36,39)(H,37,40)/b34-21+. The monoisotopic (exact) mass is 562 g/mol. The summed E-state index contributed by atoms with van der Waals surface area (Å²) in [5.74, 6) is -2.63. The lowest BCUT2D eigenvalue weighted by Crippen LogP contribution is -2.37. The van der Waals surface area contributed by atoms with Crippen molar-refractivity contribution >= 4 is 46.4 Å². The Morgan fingerprint density at radius 1 is 0.762 bits per heavy atom. The lowest BCUT2D eigenvalue weighted by Gasteiger charge is -2.23. The summed E-state index contributed by atoms with van der Waals surface area (Å²) in [7, 11) is 0. The van der Waals surface area contributed by atoms with Crippen LogP contribution in [0.3, 0.4) is 0 Å². The van der Waals surface area contributed by atoms with Gasteiger partial charge in [0.1, 0.15) is 5.75 Å². The third-order valence-electron chi connectivity index (χ3n) is 7.07. The van der Waals surface area contributed by atoms with Crippen LogP contribution in [-0.4, -0.2) is 35.9 Å². The van der Waals surface area contributed by atoms with Gasteiger partial charge in [0.05, 0.1) is 23.0 Å². The summed E-state index contributed by atoms with van der Waals surface area (Å²) in [6.45, 7) is 0. The van der Waals surface area contributed by atoms with Crippen molar-refractivity contribution in [1.82, 2.24) is 10.7 Å². The van der Waals surface area contributed by atoms with Crippen LogP contribution in [0, 0.1) is 0 Å². The van der Waals surface area contributed by atoms with Gasteiger partial charge in [-0.2, -0.15) is 5.10 Å². The number of para-hydroxylation sites is 1. The Morgan fingerprint density at radius 2 is 1.48 bits per heavy atom. The number of nitrogens with zero attached hydrogens (tertiary/aromatic N) is 1. The van der Waals surface area contributed by atoms with Gasteiger partial charge in [0, 0.05) is 11.6 Å². The lowest BCUT2D eigenvalue weighted by atomic mass is 9.95. The number of amides is 3. The Kier molecular flexibility index (Phi) is 8.98. The molecule has 0 spiro atoms. The minimum absolute atomic E-state index is 0.0959. The van der Waals surface area contributed by atoms with Crippen molar-refractivity contribution in [2.24, 2.45) is 5.10 Å². The van der Waals surface area contributed by atoms with E-state index >= 15 is 0 Å². The van der Waals surface area contributed by atoms with E-state index in [-0.39, 0.29) is 28.9 Å². The third-order valence-corrected chi connectivity index (χ3v) is 7.07. The molecule has 0 heterocycles. The Morgan fingerprint density at radius 3 is 2.29 bits per heavy atom. The van der Waals surface area contributed by atoms with Crippen LogP contribution in [0.2, 0.25) is 0 Å². The van der Waals surface area contributed by atoms with Crippen LogP contribution < -0.4 is 20.8 Å². The smallest absolute Gasteiger partial charge is 0.343 e. The summed E-state index contributed by atoms with van der Waals surface area (Å²) >= 11 is 0. The number of ether oxygens (including phenoxy) is 1. The minimum atomic E-state index is -1.03. The number of hydrogen-bond acceptors (Lipinski definition) is 6. The maximum absolute atomic E-state index is 12.9. The Hall–Kier alpha value is -5.31. The fraction of sp³-hybridized carbons (Fsp3) is 0.182. The van der Waals surface area contributed by atoms with Crippen LogP contribution in [0.1, 0.15) is 58.4 Å². The number of hydrazone groups is 1. The predicted molar refractivity (Wildman–Crippen MR) is 160 cm³/mol. The molecule has 9 heteroatoms. The maximum atomic E-state index is 12.9. The van der Waals surface area contributed by atoms with Gasteiger partial charge in [-0.3, -0.25) is 14.4 Å². The number of fused-ring (bicyclic) bond motifs is 1. The molecule has 4 aromatic carbocycles. The number of benzene rings is 4. The fourth-order valence-electron chi connectivity index (χ4n) is 4.92. The van der Waals surface area contributed by atoms with Crippen LogP contribution in [0.4, 0.5) is 5.69 Å². The van der Waals surface area contributed by atoms with Crippen molar-refractivity contribution in [3.05, 3.63) is 108 Å². The number of hydrogen-bond donors (Lipinski definition) is 3. The summed E-state index contributed by atoms with van der Waals surface area (Å²) in [5.41, 5.74) is 3.54. The van der Waals surface area contributed by atoms with Gasteiger partial charge in [-0.1, -0.05) is 79.9 Å². The van der Waals surface area contributed by atoms with E-state index in [0.29, 0.717) is 11.1 Å². The molecule has 0 bridgehead atoms. The first-order valence-corrected chi connectivity index (χ1v) is 13.8. The Bertz CT molecular complexity index is 1650. The molecule has 0 aliphatic heterocycles. The Labute approximate surface area is 243 Å². The van der Waals surface area contributed by atoms with Crippen LogP contribution in [0.15, 0.2) is 96.1 Å². The fourth-order valence-corrected chi connectivity index (χ4v) is 4.92. The first-order chi connectivity index (χ1) is 20.5. The van der Waals surface area contributed by atoms with Gasteiger partial charge < -0.3 is 15.4 Å². The molecule has 0 aromatic heterocycles. The van der Waals surface area contributed by atoms with Crippen LogP contribution in [0.25, 0.3) is 10.8 Å². The minimum Gasteiger partial charge on any atom is -0.422 e. The summed E-state index contributed by atoms with van der Waals surface area (Å²) in [6, 6.07) is 26.1. The lowest BCUT2D eigenvalue weighted by molar-refractivity contribution is -0.136. The highest BCUT2D eigenvalue weighted by Gasteiger charge is 2.21. The molecule has 4 aromatic rings. The normalized spacial score (nSPS) is 13.4. The van der Waals surface area contributed by atoms with Crippen LogP contribution in [0.5, 0.6) is 5.75 Å². The number of carbonyl (C=O) groups is 4. The zero-order chi connectivity index (χ0) is 29.3. The molecule has 1 aliphatic rings. The van der Waals surface area contributed by atoms with Crippen LogP contribution >= 0.6 is 0 Å². The molecular weight excluding hydrogens is 532 g/mol. The molecule has 1 fully saturated rings. The summed E-state index contributed by atoms with van der Waals surface area (Å²) in [6.07, 6.45) is 6.47. The highest BCUT2D eigenvalue weighted by atomic mass is 16.5. The van der Waals surface area contributed by atoms with E-state index in [1.54, 1.807) is 60.7 Å². The van der Waals surface area contributed by atoms with Crippen molar-refractivity contribution in [3.63, 3.8) is 0 Å². The van der Waals surface area contributed by atoms with Gasteiger partial charge >= 0.3 is 17.8 Å². The van der Waals surface area contributed by atoms with Gasteiger partial charge in [0.15, 0.2) is 0 Å². The van der Waals surface area contributed by atoms with E-state index < -0.39 is 17.8 Å². The molecule has 0 unspecified atom stereocenters. The number of rotatable bonds is 7. The maximum Gasteiger partial charge on any atom is 0.343 e. The molecule has 3 N–H and O–H groups in total. The van der Waals surface area contributed by atoms with Gasteiger partial charge in [-0.25, -0.2) is 10.2 Å². The zero-order valence-corrected chi connectivity index (χ0v) is 22.8. The van der Waals surface area contributed by atoms with E-state index in [9.17, 15) is 19.2 Å². The largest absolute Gasteiger partial charge is 0.422 e. The summed E-state index contributed by atoms with van der Waals surface area (Å²) < 4.78 is 5.65. The van der Waals surface area contributed by atoms with E-state index in [1.807, 2.05) is 30.3 Å². The van der Waals surface area contributed by atoms with Gasteiger partial charge in [-0.15, -0.1) is 0 Å². The molecule has 212 valence electrons. The van der Waals surface area contributed by atoms with E-state index in [1.165, 1.54) is 6.21 Å². The molecule has 0 atom stereocenters. The second-order valence-corrected chi connectivity index (χ2v) is 9.96. The second-order valence-electron chi connectivity index (χ2n) is 9.96. The van der Waals surface area contributed by atoms with Crippen LogP contribution in [-0.2, 0) is 9.59 Å². The molecule has 3 amide bonds. The van der Waals surface area contributed by atoms with Crippen molar-refractivity contribution in [2.75, 3.05) is 5.32 Å². The first kappa shape index (κ1) is 28.2. The van der Waals surface area contributed by atoms with Gasteiger partial charge in [-0.05, 0) is 53.9 Å². The number of nitrogens with one attached hydrogen (secondary N) is 3. The van der Waals surface area contributed by atoms with Crippen molar-refractivity contribution < 1.29 is 23.9 Å². The SMILES string of the molecule is O=C(N/N=C/c1c(OC(=O)c2ccccc2)ccc2ccccc12)C(=O)Nc1ccccc1C(=O)NC1CCCCC1. The summed E-state index contributed by atoms with van der Waals surface area (Å²) in [5, 5.41) is 11.1.